The molecule has 32 heavy (non-hydrogen) atoms. The maximum Gasteiger partial charge on any atom is 0.246 e. The highest BCUT2D eigenvalue weighted by molar-refractivity contribution is 6.30. The minimum Gasteiger partial charge on any atom is -0.342 e. The molecule has 2 aliphatic rings. The first kappa shape index (κ1) is 20.7. The van der Waals surface area contributed by atoms with Gasteiger partial charge in [-0.3, -0.25) is 14.5 Å². The van der Waals surface area contributed by atoms with E-state index in [0.29, 0.717) is 31.1 Å². The summed E-state index contributed by atoms with van der Waals surface area (Å²) in [5, 5.41) is 8.04. The van der Waals surface area contributed by atoms with Gasteiger partial charge in [-0.05, 0) is 23.8 Å². The van der Waals surface area contributed by atoms with E-state index >= 15 is 0 Å². The summed E-state index contributed by atoms with van der Waals surface area (Å²) in [4.78, 5) is 29.8. The highest BCUT2D eigenvalue weighted by Crippen LogP contribution is 2.20. The zero-order valence-corrected chi connectivity index (χ0v) is 18.3. The Balaban J connectivity index is 1.23. The van der Waals surface area contributed by atoms with E-state index in [2.05, 4.69) is 15.3 Å². The van der Waals surface area contributed by atoms with Gasteiger partial charge in [0.05, 0.1) is 11.9 Å². The van der Waals surface area contributed by atoms with E-state index < -0.39 is 12.1 Å². The van der Waals surface area contributed by atoms with Crippen LogP contribution in [0.3, 0.4) is 0 Å². The molecule has 7 nitrogen and oxygen atoms in total. The molecule has 2 amide bonds. The Labute approximate surface area is 191 Å². The van der Waals surface area contributed by atoms with Crippen molar-refractivity contribution >= 4 is 23.4 Å². The number of hydrogen-bond acceptors (Lipinski definition) is 4. The van der Waals surface area contributed by atoms with Crippen LogP contribution in [0.4, 0.5) is 0 Å². The van der Waals surface area contributed by atoms with Crippen molar-refractivity contribution in [2.75, 3.05) is 19.6 Å². The molecular formula is C24H24ClN5O2. The summed E-state index contributed by atoms with van der Waals surface area (Å²) in [6.45, 7) is 2.44. The van der Waals surface area contributed by atoms with Gasteiger partial charge in [-0.15, -0.1) is 0 Å². The van der Waals surface area contributed by atoms with Crippen LogP contribution < -0.4 is 5.32 Å². The Bertz CT molecular complexity index is 1130. The fourth-order valence-corrected chi connectivity index (χ4v) is 4.63. The second kappa shape index (κ2) is 8.76. The first-order valence-electron chi connectivity index (χ1n) is 10.7. The van der Waals surface area contributed by atoms with Crippen LogP contribution in [-0.4, -0.2) is 63.1 Å². The highest BCUT2D eigenvalue weighted by Gasteiger charge is 2.43. The number of nitrogens with one attached hydrogen (secondary N) is 1. The molecular weight excluding hydrogens is 426 g/mol. The van der Waals surface area contributed by atoms with Crippen molar-refractivity contribution in [1.29, 1.82) is 0 Å². The Kier molecular flexibility index (Phi) is 5.68. The number of rotatable bonds is 5. The SMILES string of the molecule is O=C1N[C@@H](Cc2ccccc2)C(=O)N2CCN(Cc3cnn(-c4cccc(Cl)c4)c3)C[C@H]12. The number of hydrogen-bond donors (Lipinski definition) is 1. The van der Waals surface area contributed by atoms with Crippen molar-refractivity contribution in [3.05, 3.63) is 83.1 Å². The minimum absolute atomic E-state index is 0.00637. The van der Waals surface area contributed by atoms with Gasteiger partial charge >= 0.3 is 0 Å². The van der Waals surface area contributed by atoms with Gasteiger partial charge in [0, 0.05) is 49.4 Å². The monoisotopic (exact) mass is 449 g/mol. The number of carbonyl (C=O) groups excluding carboxylic acids is 2. The molecule has 0 bridgehead atoms. The molecule has 164 valence electrons. The third kappa shape index (κ3) is 4.26. The Morgan fingerprint density at radius 2 is 1.88 bits per heavy atom. The fourth-order valence-electron chi connectivity index (χ4n) is 4.45. The fraction of sp³-hybridized carbons (Fsp3) is 0.292. The number of benzene rings is 2. The third-order valence-electron chi connectivity index (χ3n) is 6.06. The largest absolute Gasteiger partial charge is 0.342 e. The average molecular weight is 450 g/mol. The zero-order chi connectivity index (χ0) is 22.1. The smallest absolute Gasteiger partial charge is 0.246 e. The van der Waals surface area contributed by atoms with Gasteiger partial charge in [-0.2, -0.15) is 5.10 Å². The van der Waals surface area contributed by atoms with E-state index in [-0.39, 0.29) is 11.8 Å². The Morgan fingerprint density at radius 1 is 1.03 bits per heavy atom. The molecule has 2 saturated heterocycles. The van der Waals surface area contributed by atoms with Crippen LogP contribution in [0.5, 0.6) is 0 Å². The average Bonchev–Trinajstić information content (AvgIpc) is 3.26. The van der Waals surface area contributed by atoms with Crippen molar-refractivity contribution in [2.45, 2.75) is 25.0 Å². The van der Waals surface area contributed by atoms with Gasteiger partial charge in [0.25, 0.3) is 0 Å². The molecule has 3 aromatic rings. The van der Waals surface area contributed by atoms with Crippen molar-refractivity contribution in [3.8, 4) is 5.69 Å². The maximum atomic E-state index is 13.0. The van der Waals surface area contributed by atoms with Crippen LogP contribution in [0.2, 0.25) is 5.02 Å². The molecule has 2 aliphatic heterocycles. The van der Waals surface area contributed by atoms with Crippen LogP contribution in [-0.2, 0) is 22.6 Å². The number of amides is 2. The zero-order valence-electron chi connectivity index (χ0n) is 17.5. The number of piperazine rings is 2. The molecule has 8 heteroatoms. The predicted octanol–water partition coefficient (Wildman–Crippen LogP) is 2.28. The molecule has 2 atom stereocenters. The highest BCUT2D eigenvalue weighted by atomic mass is 35.5. The lowest BCUT2D eigenvalue weighted by molar-refractivity contribution is -0.153. The summed E-state index contributed by atoms with van der Waals surface area (Å²) in [7, 11) is 0. The molecule has 3 heterocycles. The van der Waals surface area contributed by atoms with Gasteiger partial charge in [-0.1, -0.05) is 48.0 Å². The van der Waals surface area contributed by atoms with E-state index in [0.717, 1.165) is 23.4 Å². The molecule has 1 aromatic heterocycles. The number of nitrogens with zero attached hydrogens (tertiary/aromatic N) is 4. The lowest BCUT2D eigenvalue weighted by atomic mass is 9.98. The summed E-state index contributed by atoms with van der Waals surface area (Å²) < 4.78 is 1.79. The van der Waals surface area contributed by atoms with Crippen molar-refractivity contribution in [1.82, 2.24) is 24.9 Å². The van der Waals surface area contributed by atoms with Crippen LogP contribution in [0.25, 0.3) is 5.69 Å². The van der Waals surface area contributed by atoms with E-state index in [1.807, 2.05) is 67.0 Å². The second-order valence-corrected chi connectivity index (χ2v) is 8.74. The van der Waals surface area contributed by atoms with Gasteiger partial charge in [-0.25, -0.2) is 4.68 Å². The lowest BCUT2D eigenvalue weighted by Gasteiger charge is -2.45. The summed E-state index contributed by atoms with van der Waals surface area (Å²) in [5.74, 6) is -0.0725. The Hall–Kier alpha value is -3.16. The first-order valence-corrected chi connectivity index (χ1v) is 11.1. The van der Waals surface area contributed by atoms with Gasteiger partial charge < -0.3 is 10.2 Å². The van der Waals surface area contributed by atoms with Crippen molar-refractivity contribution in [2.24, 2.45) is 0 Å². The van der Waals surface area contributed by atoms with Crippen molar-refractivity contribution < 1.29 is 9.59 Å². The molecule has 0 radical (unpaired) electrons. The molecule has 1 N–H and O–H groups in total. The van der Waals surface area contributed by atoms with E-state index in [9.17, 15) is 9.59 Å². The van der Waals surface area contributed by atoms with E-state index in [1.54, 1.807) is 9.58 Å². The normalized spacial score (nSPS) is 21.3. The Morgan fingerprint density at radius 3 is 2.69 bits per heavy atom. The molecule has 2 aromatic carbocycles. The lowest BCUT2D eigenvalue weighted by Crippen LogP contribution is -2.69. The van der Waals surface area contributed by atoms with E-state index in [4.69, 9.17) is 11.6 Å². The quantitative estimate of drug-likeness (QED) is 0.648. The number of carbonyl (C=O) groups is 2. The minimum atomic E-state index is -0.497. The first-order chi connectivity index (χ1) is 15.6. The second-order valence-electron chi connectivity index (χ2n) is 8.31. The van der Waals surface area contributed by atoms with Crippen LogP contribution in [0.15, 0.2) is 67.0 Å². The molecule has 5 rings (SSSR count). The summed E-state index contributed by atoms with van der Waals surface area (Å²) in [6.07, 6.45) is 4.32. The van der Waals surface area contributed by atoms with Crippen LogP contribution in [0, 0.1) is 0 Å². The molecule has 0 saturated carbocycles. The van der Waals surface area contributed by atoms with Crippen molar-refractivity contribution in [3.63, 3.8) is 0 Å². The standard InChI is InChI=1S/C24H24ClN5O2/c25-19-7-4-8-20(12-19)30-15-18(13-26-30)14-28-9-10-29-22(16-28)23(31)27-21(24(29)32)11-17-5-2-1-3-6-17/h1-8,12-13,15,21-22H,9-11,14,16H2,(H,27,31)/t21-,22+/m0/s1. The summed E-state index contributed by atoms with van der Waals surface area (Å²) in [6, 6.07) is 16.4. The third-order valence-corrected chi connectivity index (χ3v) is 6.30. The predicted molar refractivity (Wildman–Crippen MR) is 121 cm³/mol. The number of aromatic nitrogens is 2. The van der Waals surface area contributed by atoms with E-state index in [1.165, 1.54) is 0 Å². The van der Waals surface area contributed by atoms with Crippen LogP contribution in [0.1, 0.15) is 11.1 Å². The number of fused-ring (bicyclic) bond motifs is 1. The van der Waals surface area contributed by atoms with Crippen LogP contribution >= 0.6 is 11.6 Å². The van der Waals surface area contributed by atoms with Gasteiger partial charge in [0.2, 0.25) is 11.8 Å². The maximum absolute atomic E-state index is 13.0. The summed E-state index contributed by atoms with van der Waals surface area (Å²) >= 11 is 6.08. The topological polar surface area (TPSA) is 70.5 Å². The molecule has 0 aliphatic carbocycles. The molecule has 0 spiro atoms. The molecule has 2 fully saturated rings. The summed E-state index contributed by atoms with van der Waals surface area (Å²) in [5.41, 5.74) is 2.98. The number of halogens is 1. The van der Waals surface area contributed by atoms with Gasteiger partial charge in [0.1, 0.15) is 12.1 Å². The molecule has 0 unspecified atom stereocenters. The van der Waals surface area contributed by atoms with Gasteiger partial charge in [0.15, 0.2) is 0 Å².